The Kier molecular flexibility index (Phi) is 4.08. The van der Waals surface area contributed by atoms with Crippen LogP contribution in [0.25, 0.3) is 0 Å². The summed E-state index contributed by atoms with van der Waals surface area (Å²) >= 11 is 0.436. The summed E-state index contributed by atoms with van der Waals surface area (Å²) in [4.78, 5) is 3.18. The molecule has 21 heavy (non-hydrogen) atoms. The average molecular weight is 327 g/mol. The number of benzene rings is 1. The summed E-state index contributed by atoms with van der Waals surface area (Å²) in [5.74, 6) is -1.32. The molecule has 0 atom stereocenters. The van der Waals surface area contributed by atoms with Gasteiger partial charge in [0, 0.05) is 18.1 Å². The molecular weight excluding hydrogens is 320 g/mol. The molecular formula is C11H7F6N3S. The third-order valence-electron chi connectivity index (χ3n) is 2.43. The molecule has 0 bridgehead atoms. The van der Waals surface area contributed by atoms with Crippen LogP contribution in [0.2, 0.25) is 0 Å². The molecule has 2 aromatic rings. The molecule has 0 radical (unpaired) electrons. The van der Waals surface area contributed by atoms with Gasteiger partial charge in [0.1, 0.15) is 0 Å². The molecule has 0 amide bonds. The van der Waals surface area contributed by atoms with Crippen molar-refractivity contribution in [1.82, 2.24) is 9.36 Å². The van der Waals surface area contributed by atoms with E-state index in [2.05, 4.69) is 14.7 Å². The Morgan fingerprint density at radius 1 is 1.00 bits per heavy atom. The summed E-state index contributed by atoms with van der Waals surface area (Å²) in [5.41, 5.74) is -0.938. The number of nitrogens with one attached hydrogen (secondary N) is 1. The second-order valence-corrected chi connectivity index (χ2v) is 4.68. The topological polar surface area (TPSA) is 37.8 Å². The van der Waals surface area contributed by atoms with Gasteiger partial charge in [0.25, 0.3) is 0 Å². The standard InChI is InChI=1S/C11H7F6N3S/c12-10(13,14)7-4-2-1-3-6(7)5-18-9-19-8(20-21-9)11(15,16)17/h1-4H,5H2,(H,18,19,20). The smallest absolute Gasteiger partial charge is 0.356 e. The van der Waals surface area contributed by atoms with Crippen molar-refractivity contribution in [2.24, 2.45) is 0 Å². The number of hydrogen-bond donors (Lipinski definition) is 1. The monoisotopic (exact) mass is 327 g/mol. The summed E-state index contributed by atoms with van der Waals surface area (Å²) < 4.78 is 78.2. The van der Waals surface area contributed by atoms with Crippen LogP contribution in [0.1, 0.15) is 17.0 Å². The highest BCUT2D eigenvalue weighted by atomic mass is 32.1. The lowest BCUT2D eigenvalue weighted by molar-refractivity contribution is -0.144. The molecule has 114 valence electrons. The predicted molar refractivity (Wildman–Crippen MR) is 63.7 cm³/mol. The fourth-order valence-corrected chi connectivity index (χ4v) is 2.11. The van der Waals surface area contributed by atoms with Crippen LogP contribution < -0.4 is 5.32 Å². The number of hydrogen-bond acceptors (Lipinski definition) is 4. The molecule has 10 heteroatoms. The minimum Gasteiger partial charge on any atom is -0.356 e. The Labute approximate surface area is 118 Å². The van der Waals surface area contributed by atoms with Crippen molar-refractivity contribution >= 4 is 16.7 Å². The molecule has 0 aliphatic heterocycles. The number of anilines is 1. The Hall–Kier alpha value is -1.84. The molecule has 0 aliphatic rings. The van der Waals surface area contributed by atoms with E-state index in [-0.39, 0.29) is 17.2 Å². The van der Waals surface area contributed by atoms with Crippen LogP contribution in [0.4, 0.5) is 31.5 Å². The van der Waals surface area contributed by atoms with Gasteiger partial charge in [0.05, 0.1) is 5.56 Å². The molecule has 1 aromatic heterocycles. The second kappa shape index (κ2) is 5.51. The predicted octanol–water partition coefficient (Wildman–Crippen LogP) is 4.19. The van der Waals surface area contributed by atoms with Crippen LogP contribution in [0.5, 0.6) is 0 Å². The zero-order valence-corrected chi connectivity index (χ0v) is 10.9. The molecule has 3 nitrogen and oxygen atoms in total. The highest BCUT2D eigenvalue weighted by Gasteiger charge is 2.36. The number of rotatable bonds is 3. The van der Waals surface area contributed by atoms with Gasteiger partial charge in [-0.3, -0.25) is 0 Å². The lowest BCUT2D eigenvalue weighted by atomic mass is 10.1. The van der Waals surface area contributed by atoms with Gasteiger partial charge < -0.3 is 5.32 Å². The van der Waals surface area contributed by atoms with Crippen molar-refractivity contribution in [3.63, 3.8) is 0 Å². The van der Waals surface area contributed by atoms with Gasteiger partial charge in [-0.25, -0.2) is 0 Å². The lowest BCUT2D eigenvalue weighted by Gasteiger charge is -2.12. The second-order valence-electron chi connectivity index (χ2n) is 3.93. The van der Waals surface area contributed by atoms with E-state index in [0.29, 0.717) is 11.5 Å². The molecule has 2 rings (SSSR count). The van der Waals surface area contributed by atoms with Gasteiger partial charge in [-0.05, 0) is 11.6 Å². The van der Waals surface area contributed by atoms with E-state index < -0.39 is 23.7 Å². The molecule has 1 N–H and O–H groups in total. The number of nitrogens with zero attached hydrogens (tertiary/aromatic N) is 2. The van der Waals surface area contributed by atoms with E-state index in [1.54, 1.807) is 0 Å². The minimum atomic E-state index is -4.68. The molecule has 0 unspecified atom stereocenters. The maximum atomic E-state index is 12.7. The van der Waals surface area contributed by atoms with E-state index in [1.807, 2.05) is 0 Å². The number of aromatic nitrogens is 2. The summed E-state index contributed by atoms with van der Waals surface area (Å²) in [6, 6.07) is 4.78. The highest BCUT2D eigenvalue weighted by molar-refractivity contribution is 7.09. The molecule has 0 aliphatic carbocycles. The van der Waals surface area contributed by atoms with Gasteiger partial charge in [0.15, 0.2) is 0 Å². The minimum absolute atomic E-state index is 0.0891. The third kappa shape index (κ3) is 3.84. The van der Waals surface area contributed by atoms with Crippen molar-refractivity contribution < 1.29 is 26.3 Å². The quantitative estimate of drug-likeness (QED) is 0.859. The Morgan fingerprint density at radius 2 is 1.67 bits per heavy atom. The highest BCUT2D eigenvalue weighted by Crippen LogP contribution is 2.33. The number of alkyl halides is 6. The first-order valence-electron chi connectivity index (χ1n) is 5.48. The van der Waals surface area contributed by atoms with E-state index in [0.717, 1.165) is 6.07 Å². The fraction of sp³-hybridized carbons (Fsp3) is 0.273. The lowest BCUT2D eigenvalue weighted by Crippen LogP contribution is -2.12. The van der Waals surface area contributed by atoms with Crippen LogP contribution in [-0.4, -0.2) is 9.36 Å². The Bertz CT molecular complexity index is 619. The van der Waals surface area contributed by atoms with Crippen LogP contribution >= 0.6 is 11.5 Å². The SMILES string of the molecule is FC(F)(F)c1nsc(NCc2ccccc2C(F)(F)F)n1. The zero-order chi connectivity index (χ0) is 15.7. The maximum Gasteiger partial charge on any atom is 0.452 e. The van der Waals surface area contributed by atoms with Gasteiger partial charge in [-0.2, -0.15) is 35.7 Å². The molecule has 0 saturated heterocycles. The Balaban J connectivity index is 2.12. The van der Waals surface area contributed by atoms with Crippen molar-refractivity contribution in [1.29, 1.82) is 0 Å². The number of halogens is 6. The van der Waals surface area contributed by atoms with E-state index in [1.165, 1.54) is 18.2 Å². The average Bonchev–Trinajstić information content (AvgIpc) is 2.84. The first kappa shape index (κ1) is 15.5. The Morgan fingerprint density at radius 3 is 2.24 bits per heavy atom. The van der Waals surface area contributed by atoms with Crippen LogP contribution in [0, 0.1) is 0 Å². The molecule has 0 saturated carbocycles. The van der Waals surface area contributed by atoms with Crippen molar-refractivity contribution in [3.05, 3.63) is 41.2 Å². The molecule has 0 fully saturated rings. The van der Waals surface area contributed by atoms with Crippen molar-refractivity contribution in [3.8, 4) is 0 Å². The maximum absolute atomic E-state index is 12.7. The summed E-state index contributed by atoms with van der Waals surface area (Å²) in [6.07, 6.45) is -9.21. The van der Waals surface area contributed by atoms with Gasteiger partial charge >= 0.3 is 12.4 Å². The van der Waals surface area contributed by atoms with E-state index in [4.69, 9.17) is 0 Å². The summed E-state index contributed by atoms with van der Waals surface area (Å²) in [7, 11) is 0. The zero-order valence-electron chi connectivity index (χ0n) is 10.1. The molecule has 1 aromatic carbocycles. The van der Waals surface area contributed by atoms with Crippen LogP contribution in [0.15, 0.2) is 24.3 Å². The molecule has 1 heterocycles. The summed E-state index contributed by atoms with van der Waals surface area (Å²) in [6.45, 7) is -0.303. The van der Waals surface area contributed by atoms with Crippen LogP contribution in [-0.2, 0) is 18.9 Å². The fourth-order valence-electron chi connectivity index (χ4n) is 1.53. The van der Waals surface area contributed by atoms with E-state index >= 15 is 0 Å². The molecule has 0 spiro atoms. The van der Waals surface area contributed by atoms with Crippen molar-refractivity contribution in [2.45, 2.75) is 18.9 Å². The summed E-state index contributed by atoms with van der Waals surface area (Å²) in [5, 5.41) is 2.22. The first-order valence-corrected chi connectivity index (χ1v) is 6.25. The van der Waals surface area contributed by atoms with Crippen LogP contribution in [0.3, 0.4) is 0 Å². The van der Waals surface area contributed by atoms with Gasteiger partial charge in [-0.15, -0.1) is 0 Å². The van der Waals surface area contributed by atoms with Gasteiger partial charge in [0.2, 0.25) is 11.0 Å². The normalized spacial score (nSPS) is 12.5. The van der Waals surface area contributed by atoms with E-state index in [9.17, 15) is 26.3 Å². The largest absolute Gasteiger partial charge is 0.452 e. The first-order chi connectivity index (χ1) is 9.68. The van der Waals surface area contributed by atoms with Gasteiger partial charge in [-0.1, -0.05) is 18.2 Å². The van der Waals surface area contributed by atoms with Crippen molar-refractivity contribution in [2.75, 3.05) is 5.32 Å². The third-order valence-corrected chi connectivity index (χ3v) is 3.11.